The zero-order valence-corrected chi connectivity index (χ0v) is 18.1. The predicted molar refractivity (Wildman–Crippen MR) is 129 cm³/mol. The van der Waals surface area contributed by atoms with Gasteiger partial charge in [-0.3, -0.25) is 14.9 Å². The quantitative estimate of drug-likeness (QED) is 0.307. The number of amides is 3. The molecule has 0 unspecified atom stereocenters. The van der Waals surface area contributed by atoms with Crippen molar-refractivity contribution in [1.29, 1.82) is 0 Å². The number of fused-ring (bicyclic) bond motifs is 1. The molecule has 1 aliphatic rings. The van der Waals surface area contributed by atoms with E-state index in [1.165, 1.54) is 6.08 Å². The molecule has 0 bridgehead atoms. The predicted octanol–water partition coefficient (Wildman–Crippen LogP) is 3.94. The van der Waals surface area contributed by atoms with Crippen LogP contribution in [0.5, 0.6) is 0 Å². The number of carbonyl (C=O) groups is 2. The van der Waals surface area contributed by atoms with Crippen molar-refractivity contribution in [3.8, 4) is 0 Å². The number of benzene rings is 3. The van der Waals surface area contributed by atoms with Gasteiger partial charge >= 0.3 is 6.03 Å². The van der Waals surface area contributed by atoms with E-state index in [2.05, 4.69) is 10.2 Å². The topological polar surface area (TPSA) is 84.9 Å². The molecule has 7 nitrogen and oxygen atoms in total. The first kappa shape index (κ1) is 22.1. The van der Waals surface area contributed by atoms with E-state index in [-0.39, 0.29) is 6.03 Å². The lowest BCUT2D eigenvalue weighted by Crippen LogP contribution is -2.47. The van der Waals surface area contributed by atoms with Crippen molar-refractivity contribution in [2.45, 2.75) is 13.1 Å². The number of nitrogens with zero attached hydrogens (tertiary/aromatic N) is 2. The number of anilines is 2. The van der Waals surface area contributed by atoms with Gasteiger partial charge in [-0.1, -0.05) is 66.7 Å². The first-order valence-corrected chi connectivity index (χ1v) is 10.8. The van der Waals surface area contributed by atoms with Gasteiger partial charge in [-0.15, -0.1) is 0 Å². The van der Waals surface area contributed by atoms with E-state index in [4.69, 9.17) is 5.21 Å². The van der Waals surface area contributed by atoms with E-state index in [0.29, 0.717) is 26.2 Å². The van der Waals surface area contributed by atoms with Crippen molar-refractivity contribution in [2.24, 2.45) is 0 Å². The summed E-state index contributed by atoms with van der Waals surface area (Å²) >= 11 is 0. The van der Waals surface area contributed by atoms with Gasteiger partial charge in [-0.2, -0.15) is 0 Å². The van der Waals surface area contributed by atoms with Gasteiger partial charge in [0.15, 0.2) is 0 Å². The zero-order valence-electron chi connectivity index (χ0n) is 18.1. The first-order chi connectivity index (χ1) is 16.1. The van der Waals surface area contributed by atoms with Gasteiger partial charge < -0.3 is 10.2 Å². The molecule has 0 radical (unpaired) electrons. The number of carbonyl (C=O) groups excluding carboxylic acids is 2. The molecule has 3 amide bonds. The highest BCUT2D eigenvalue weighted by Gasteiger charge is 2.26. The lowest BCUT2D eigenvalue weighted by atomic mass is 10.1. The Morgan fingerprint density at radius 3 is 2.27 bits per heavy atom. The van der Waals surface area contributed by atoms with Crippen LogP contribution in [0.25, 0.3) is 6.08 Å². The van der Waals surface area contributed by atoms with Crippen LogP contribution in [-0.4, -0.2) is 30.2 Å². The molecule has 1 aliphatic heterocycles. The van der Waals surface area contributed by atoms with Gasteiger partial charge in [-0.05, 0) is 34.9 Å². The molecule has 0 spiro atoms. The van der Waals surface area contributed by atoms with Crippen molar-refractivity contribution in [3.63, 3.8) is 0 Å². The molecular weight excluding hydrogens is 416 g/mol. The summed E-state index contributed by atoms with van der Waals surface area (Å²) in [7, 11) is 0. The van der Waals surface area contributed by atoms with Gasteiger partial charge in [0.2, 0.25) is 0 Å². The molecule has 3 aromatic rings. The third-order valence-electron chi connectivity index (χ3n) is 5.53. The number of nitrogens with one attached hydrogen (secondary N) is 2. The van der Waals surface area contributed by atoms with Gasteiger partial charge in [-0.25, -0.2) is 10.3 Å². The van der Waals surface area contributed by atoms with Crippen molar-refractivity contribution in [1.82, 2.24) is 10.8 Å². The van der Waals surface area contributed by atoms with Crippen molar-refractivity contribution in [2.75, 3.05) is 22.9 Å². The summed E-state index contributed by atoms with van der Waals surface area (Å²) in [5.41, 5.74) is 6.53. The zero-order chi connectivity index (χ0) is 23.0. The monoisotopic (exact) mass is 442 g/mol. The Kier molecular flexibility index (Phi) is 7.02. The largest absolute Gasteiger partial charge is 0.364 e. The van der Waals surface area contributed by atoms with E-state index < -0.39 is 5.91 Å². The fraction of sp³-hybridized carbons (Fsp3) is 0.154. The summed E-state index contributed by atoms with van der Waals surface area (Å²) in [5, 5.41) is 11.6. The maximum Gasteiger partial charge on any atom is 0.322 e. The highest BCUT2D eigenvalue weighted by atomic mass is 16.5. The van der Waals surface area contributed by atoms with Crippen molar-refractivity contribution >= 4 is 29.4 Å². The Morgan fingerprint density at radius 2 is 1.55 bits per heavy atom. The molecule has 0 aliphatic carbocycles. The second-order valence-electron chi connectivity index (χ2n) is 7.76. The molecule has 0 fully saturated rings. The normalized spacial score (nSPS) is 13.0. The van der Waals surface area contributed by atoms with Crippen molar-refractivity contribution in [3.05, 3.63) is 102 Å². The molecule has 33 heavy (non-hydrogen) atoms. The number of rotatable bonds is 6. The highest BCUT2D eigenvalue weighted by Crippen LogP contribution is 2.33. The third kappa shape index (κ3) is 5.58. The molecule has 0 saturated carbocycles. The maximum atomic E-state index is 12.9. The standard InChI is InChI=1S/C26H26N4O3/c31-25(28-33)15-14-20-10-12-22(13-11-20)19-29-16-17-30(24-9-5-4-8-23(24)29)26(32)27-18-21-6-2-1-3-7-21/h1-15,33H,16-19H2,(H,27,32)(H,28,31)/b15-14+. The van der Waals surface area contributed by atoms with Crippen LogP contribution >= 0.6 is 0 Å². The summed E-state index contributed by atoms with van der Waals surface area (Å²) in [5.74, 6) is -0.568. The second kappa shape index (κ2) is 10.5. The Morgan fingerprint density at radius 1 is 0.848 bits per heavy atom. The average Bonchev–Trinajstić information content (AvgIpc) is 2.87. The summed E-state index contributed by atoms with van der Waals surface area (Å²) < 4.78 is 0. The Hall–Kier alpha value is -4.10. The lowest BCUT2D eigenvalue weighted by Gasteiger charge is -2.37. The molecule has 4 rings (SSSR count). The number of hydrogen-bond donors (Lipinski definition) is 3. The second-order valence-corrected chi connectivity index (χ2v) is 7.76. The number of para-hydroxylation sites is 2. The maximum absolute atomic E-state index is 12.9. The molecule has 168 valence electrons. The van der Waals surface area contributed by atoms with E-state index >= 15 is 0 Å². The summed E-state index contributed by atoms with van der Waals surface area (Å²) in [6, 6.07) is 25.6. The van der Waals surface area contributed by atoms with Crippen LogP contribution in [0.4, 0.5) is 16.2 Å². The molecule has 0 saturated heterocycles. The lowest BCUT2D eigenvalue weighted by molar-refractivity contribution is -0.124. The number of hydroxylamine groups is 1. The number of urea groups is 1. The fourth-order valence-electron chi connectivity index (χ4n) is 3.83. The van der Waals surface area contributed by atoms with Crippen LogP contribution in [0.3, 0.4) is 0 Å². The summed E-state index contributed by atoms with van der Waals surface area (Å²) in [6.45, 7) is 2.50. The fourth-order valence-corrected chi connectivity index (χ4v) is 3.83. The van der Waals surface area contributed by atoms with Gasteiger partial charge in [0, 0.05) is 32.3 Å². The average molecular weight is 443 g/mol. The molecule has 0 atom stereocenters. The molecule has 0 aromatic heterocycles. The number of hydrogen-bond acceptors (Lipinski definition) is 4. The SMILES string of the molecule is O=C(/C=C/c1ccc(CN2CCN(C(=O)NCc3ccccc3)c3ccccc32)cc1)NO. The Labute approximate surface area is 192 Å². The Balaban J connectivity index is 1.43. The van der Waals surface area contributed by atoms with E-state index in [1.54, 1.807) is 16.5 Å². The molecular formula is C26H26N4O3. The minimum Gasteiger partial charge on any atom is -0.364 e. The summed E-state index contributed by atoms with van der Waals surface area (Å²) in [6.07, 6.45) is 2.91. The van der Waals surface area contributed by atoms with Gasteiger partial charge in [0.05, 0.1) is 11.4 Å². The van der Waals surface area contributed by atoms with Gasteiger partial charge in [0.25, 0.3) is 5.91 Å². The first-order valence-electron chi connectivity index (χ1n) is 10.8. The van der Waals surface area contributed by atoms with Crippen LogP contribution in [0.2, 0.25) is 0 Å². The third-order valence-corrected chi connectivity index (χ3v) is 5.53. The van der Waals surface area contributed by atoms with Crippen LogP contribution in [0.15, 0.2) is 84.9 Å². The van der Waals surface area contributed by atoms with E-state index in [0.717, 1.165) is 28.1 Å². The molecule has 3 N–H and O–H groups in total. The molecule has 7 heteroatoms. The minimum atomic E-state index is -0.568. The molecule has 3 aromatic carbocycles. The highest BCUT2D eigenvalue weighted by molar-refractivity contribution is 5.96. The smallest absolute Gasteiger partial charge is 0.322 e. The Bertz CT molecular complexity index is 1130. The minimum absolute atomic E-state index is 0.103. The van der Waals surface area contributed by atoms with Crippen LogP contribution < -0.4 is 20.6 Å². The van der Waals surface area contributed by atoms with Crippen molar-refractivity contribution < 1.29 is 14.8 Å². The van der Waals surface area contributed by atoms with Gasteiger partial charge in [0.1, 0.15) is 0 Å². The molecule has 1 heterocycles. The van der Waals surface area contributed by atoms with E-state index in [9.17, 15) is 9.59 Å². The van der Waals surface area contributed by atoms with E-state index in [1.807, 2.05) is 78.9 Å². The van der Waals surface area contributed by atoms with Crippen LogP contribution in [0.1, 0.15) is 16.7 Å². The summed E-state index contributed by atoms with van der Waals surface area (Å²) in [4.78, 5) is 28.1. The van der Waals surface area contributed by atoms with Crippen LogP contribution in [-0.2, 0) is 17.9 Å². The van der Waals surface area contributed by atoms with Crippen LogP contribution in [0, 0.1) is 0 Å².